The fraction of sp³-hybridized carbons (Fsp3) is 0. The molecule has 0 bridgehead atoms. The molecule has 0 unspecified atom stereocenters. The van der Waals surface area contributed by atoms with Crippen LogP contribution in [0.4, 0.5) is 10.1 Å². The van der Waals surface area contributed by atoms with Crippen molar-refractivity contribution in [2.45, 2.75) is 0 Å². The number of nitrogens with two attached hydrogens (primary N) is 1. The third kappa shape index (κ3) is 2.42. The maximum atomic E-state index is 12.2. The molecule has 0 saturated heterocycles. The van der Waals surface area contributed by atoms with Crippen LogP contribution in [0.25, 0.3) is 0 Å². The van der Waals surface area contributed by atoms with Gasteiger partial charge in [-0.2, -0.15) is 12.1 Å². The second-order valence-corrected chi connectivity index (χ2v) is 1.45. The Balaban J connectivity index is 0.000000640. The van der Waals surface area contributed by atoms with E-state index < -0.39 is 5.82 Å². The Labute approximate surface area is 78.3 Å². The van der Waals surface area contributed by atoms with Gasteiger partial charge in [-0.1, -0.05) is 0 Å². The van der Waals surface area contributed by atoms with Gasteiger partial charge in [-0.15, -0.1) is 12.1 Å². The summed E-state index contributed by atoms with van der Waals surface area (Å²) in [7, 11) is 0. The smallest absolute Gasteiger partial charge is 0.0307 e. The van der Waals surface area contributed by atoms with Gasteiger partial charge in [0.05, 0.1) is 0 Å². The molecule has 0 aromatic heterocycles. The molecular formula is C6H5FNY-. The van der Waals surface area contributed by atoms with Gasteiger partial charge in [0.25, 0.3) is 0 Å². The standard InChI is InChI=1S/C6H5FN.Y/c7-5-3-1-2-4-6(5)8;/h2-4H,8H2;/q-1;. The largest absolute Gasteiger partial charge is 0.417 e. The van der Waals surface area contributed by atoms with E-state index in [4.69, 9.17) is 5.73 Å². The summed E-state index contributed by atoms with van der Waals surface area (Å²) in [5.74, 6) is -0.410. The molecule has 1 aromatic rings. The fourth-order valence-corrected chi connectivity index (χ4v) is 0.422. The number of halogens is 1. The van der Waals surface area contributed by atoms with E-state index in [1.165, 1.54) is 12.1 Å². The van der Waals surface area contributed by atoms with Gasteiger partial charge in [-0.3, -0.25) is 4.39 Å². The van der Waals surface area contributed by atoms with Crippen molar-refractivity contribution in [2.75, 3.05) is 5.73 Å². The second kappa shape index (κ2) is 3.96. The third-order valence-corrected chi connectivity index (χ3v) is 0.845. The first kappa shape index (κ1) is 9.05. The van der Waals surface area contributed by atoms with Crippen LogP contribution in [0.2, 0.25) is 0 Å². The average molecular weight is 199 g/mol. The minimum absolute atomic E-state index is 0. The number of benzene rings is 1. The van der Waals surface area contributed by atoms with Crippen molar-refractivity contribution in [3.63, 3.8) is 0 Å². The first-order valence-electron chi connectivity index (χ1n) is 2.22. The Hall–Kier alpha value is 0.0539. The molecule has 0 spiro atoms. The molecule has 0 fully saturated rings. The zero-order valence-corrected chi connectivity index (χ0v) is 7.60. The second-order valence-electron chi connectivity index (χ2n) is 1.45. The van der Waals surface area contributed by atoms with E-state index in [9.17, 15) is 4.39 Å². The first-order chi connectivity index (χ1) is 3.80. The van der Waals surface area contributed by atoms with Crippen molar-refractivity contribution in [2.24, 2.45) is 0 Å². The molecule has 0 aliphatic rings. The van der Waals surface area contributed by atoms with E-state index in [-0.39, 0.29) is 38.4 Å². The summed E-state index contributed by atoms with van der Waals surface area (Å²) in [5.41, 5.74) is 5.29. The van der Waals surface area contributed by atoms with Crippen LogP contribution in [0.3, 0.4) is 0 Å². The van der Waals surface area contributed by atoms with Gasteiger partial charge in [0.15, 0.2) is 0 Å². The number of nitrogen functional groups attached to an aromatic ring is 1. The molecule has 3 heteroatoms. The molecule has 1 aromatic carbocycles. The number of hydrogen-bond donors (Lipinski definition) is 1. The van der Waals surface area contributed by atoms with Crippen molar-refractivity contribution < 1.29 is 37.1 Å². The van der Waals surface area contributed by atoms with E-state index in [1.54, 1.807) is 6.07 Å². The van der Waals surface area contributed by atoms with Crippen LogP contribution in [0.1, 0.15) is 0 Å². The quantitative estimate of drug-likeness (QED) is 0.493. The van der Waals surface area contributed by atoms with E-state index in [0.29, 0.717) is 0 Å². The zero-order valence-electron chi connectivity index (χ0n) is 4.76. The van der Waals surface area contributed by atoms with Crippen LogP contribution in [-0.4, -0.2) is 0 Å². The summed E-state index contributed by atoms with van der Waals surface area (Å²) >= 11 is 0. The summed E-state index contributed by atoms with van der Waals surface area (Å²) in [4.78, 5) is 0. The van der Waals surface area contributed by atoms with E-state index in [2.05, 4.69) is 6.07 Å². The van der Waals surface area contributed by atoms with Crippen LogP contribution < -0.4 is 5.73 Å². The van der Waals surface area contributed by atoms with Gasteiger partial charge in [0.2, 0.25) is 0 Å². The summed E-state index contributed by atoms with van der Waals surface area (Å²) in [6, 6.07) is 6.79. The molecule has 1 nitrogen and oxygen atoms in total. The molecule has 0 amide bonds. The minimum Gasteiger partial charge on any atom is -0.417 e. The van der Waals surface area contributed by atoms with Gasteiger partial charge in [0, 0.05) is 38.5 Å². The molecule has 0 saturated carbocycles. The predicted octanol–water partition coefficient (Wildman–Crippen LogP) is 1.21. The van der Waals surface area contributed by atoms with Crippen LogP contribution in [0, 0.1) is 11.9 Å². The molecule has 1 rings (SSSR count). The topological polar surface area (TPSA) is 26.0 Å². The Morgan fingerprint density at radius 3 is 2.56 bits per heavy atom. The monoisotopic (exact) mass is 199 g/mol. The van der Waals surface area contributed by atoms with Crippen molar-refractivity contribution in [1.82, 2.24) is 0 Å². The molecule has 2 N–H and O–H groups in total. The van der Waals surface area contributed by atoms with Crippen LogP contribution in [-0.2, 0) is 32.7 Å². The van der Waals surface area contributed by atoms with Crippen LogP contribution in [0.15, 0.2) is 18.2 Å². The van der Waals surface area contributed by atoms with Gasteiger partial charge in [-0.25, -0.2) is 0 Å². The van der Waals surface area contributed by atoms with Gasteiger partial charge in [-0.05, 0) is 5.69 Å². The summed E-state index contributed by atoms with van der Waals surface area (Å²) in [6.45, 7) is 0. The fourth-order valence-electron chi connectivity index (χ4n) is 0.422. The van der Waals surface area contributed by atoms with Gasteiger partial charge < -0.3 is 5.73 Å². The molecular weight excluding hydrogens is 194 g/mol. The molecule has 45 valence electrons. The molecule has 0 aliphatic heterocycles. The van der Waals surface area contributed by atoms with Gasteiger partial charge >= 0.3 is 0 Å². The van der Waals surface area contributed by atoms with Crippen molar-refractivity contribution in [3.8, 4) is 0 Å². The minimum atomic E-state index is -0.410. The zero-order chi connectivity index (χ0) is 5.98. The summed E-state index contributed by atoms with van der Waals surface area (Å²) < 4.78 is 12.2. The normalized spacial score (nSPS) is 8.11. The van der Waals surface area contributed by atoms with Crippen molar-refractivity contribution >= 4 is 5.69 Å². The van der Waals surface area contributed by atoms with Crippen LogP contribution >= 0.6 is 0 Å². The van der Waals surface area contributed by atoms with Gasteiger partial charge in [0.1, 0.15) is 0 Å². The predicted molar refractivity (Wildman–Crippen MR) is 29.6 cm³/mol. The number of rotatable bonds is 0. The Kier molecular flexibility index (Phi) is 3.99. The summed E-state index contributed by atoms with van der Waals surface area (Å²) in [6.07, 6.45) is 0. The molecule has 0 heterocycles. The average Bonchev–Trinajstić information content (AvgIpc) is 1.77. The van der Waals surface area contributed by atoms with E-state index in [0.717, 1.165) is 0 Å². The van der Waals surface area contributed by atoms with Crippen molar-refractivity contribution in [1.29, 1.82) is 0 Å². The van der Waals surface area contributed by atoms with Crippen LogP contribution in [0.5, 0.6) is 0 Å². The molecule has 0 atom stereocenters. The first-order valence-corrected chi connectivity index (χ1v) is 2.22. The van der Waals surface area contributed by atoms with Crippen molar-refractivity contribution in [3.05, 3.63) is 30.1 Å². The maximum absolute atomic E-state index is 12.2. The Morgan fingerprint density at radius 2 is 2.22 bits per heavy atom. The molecule has 0 aliphatic carbocycles. The Morgan fingerprint density at radius 1 is 1.56 bits per heavy atom. The summed E-state index contributed by atoms with van der Waals surface area (Å²) in [5, 5.41) is 0. The third-order valence-electron chi connectivity index (χ3n) is 0.845. The maximum Gasteiger partial charge on any atom is 0.0307 e. The van der Waals surface area contributed by atoms with E-state index in [1.807, 2.05) is 0 Å². The Bertz CT molecular complexity index is 169. The molecule has 1 radical (unpaired) electrons. The number of anilines is 1. The SMILES string of the molecule is Nc1cc[c-]cc1F.[Y]. The number of hydrogen-bond acceptors (Lipinski definition) is 1. The van der Waals surface area contributed by atoms with E-state index >= 15 is 0 Å². The molecule has 9 heavy (non-hydrogen) atoms.